The summed E-state index contributed by atoms with van der Waals surface area (Å²) in [5.41, 5.74) is 3.99. The van der Waals surface area contributed by atoms with E-state index in [1.165, 1.54) is 0 Å². The summed E-state index contributed by atoms with van der Waals surface area (Å²) >= 11 is 0. The highest BCUT2D eigenvalue weighted by atomic mass is 16.5. The number of aromatic nitrogens is 1. The smallest absolute Gasteiger partial charge is 0.253 e. The summed E-state index contributed by atoms with van der Waals surface area (Å²) in [6.07, 6.45) is 2.58. The van der Waals surface area contributed by atoms with Crippen molar-refractivity contribution in [2.75, 3.05) is 6.61 Å². The average molecular weight is 402 g/mol. The van der Waals surface area contributed by atoms with E-state index in [0.717, 1.165) is 41.8 Å². The van der Waals surface area contributed by atoms with Gasteiger partial charge < -0.3 is 14.6 Å². The largest absolute Gasteiger partial charge is 0.494 e. The van der Waals surface area contributed by atoms with Crippen LogP contribution in [-0.2, 0) is 19.5 Å². The van der Waals surface area contributed by atoms with Gasteiger partial charge in [-0.15, -0.1) is 0 Å². The van der Waals surface area contributed by atoms with E-state index < -0.39 is 0 Å². The van der Waals surface area contributed by atoms with Gasteiger partial charge in [0.15, 0.2) is 0 Å². The van der Waals surface area contributed by atoms with Crippen LogP contribution in [0.1, 0.15) is 41.4 Å². The van der Waals surface area contributed by atoms with E-state index in [9.17, 15) is 9.59 Å². The number of rotatable bonds is 7. The molecule has 1 amide bonds. The summed E-state index contributed by atoms with van der Waals surface area (Å²) in [4.78, 5) is 25.8. The van der Waals surface area contributed by atoms with E-state index in [1.807, 2.05) is 54.6 Å². The van der Waals surface area contributed by atoms with Crippen LogP contribution in [0.5, 0.6) is 5.75 Å². The molecule has 2 heterocycles. The van der Waals surface area contributed by atoms with Crippen molar-refractivity contribution in [3.8, 4) is 16.9 Å². The van der Waals surface area contributed by atoms with Crippen molar-refractivity contribution in [2.45, 2.75) is 39.3 Å². The summed E-state index contributed by atoms with van der Waals surface area (Å²) in [7, 11) is 0. The van der Waals surface area contributed by atoms with E-state index in [-0.39, 0.29) is 11.5 Å². The second-order valence-electron chi connectivity index (χ2n) is 7.51. The lowest BCUT2D eigenvalue weighted by molar-refractivity contribution is 0.0950. The van der Waals surface area contributed by atoms with Gasteiger partial charge in [0.1, 0.15) is 5.75 Å². The first kappa shape index (κ1) is 20.0. The molecule has 2 aromatic carbocycles. The molecular formula is C25H26N2O3. The fraction of sp³-hybridized carbons (Fsp3) is 0.280. The first-order valence-corrected chi connectivity index (χ1v) is 10.5. The average Bonchev–Trinajstić information content (AvgIpc) is 3.27. The zero-order valence-corrected chi connectivity index (χ0v) is 17.2. The van der Waals surface area contributed by atoms with Crippen molar-refractivity contribution in [1.29, 1.82) is 0 Å². The Morgan fingerprint density at radius 2 is 1.87 bits per heavy atom. The molecule has 3 aromatic rings. The highest BCUT2D eigenvalue weighted by Crippen LogP contribution is 2.28. The van der Waals surface area contributed by atoms with Crippen molar-refractivity contribution in [2.24, 2.45) is 0 Å². The maximum absolute atomic E-state index is 13.2. The maximum atomic E-state index is 13.2. The third-order valence-electron chi connectivity index (χ3n) is 5.37. The van der Waals surface area contributed by atoms with Gasteiger partial charge in [0.05, 0.1) is 12.2 Å². The molecule has 1 aromatic heterocycles. The van der Waals surface area contributed by atoms with Gasteiger partial charge in [0.25, 0.3) is 11.5 Å². The second-order valence-corrected chi connectivity index (χ2v) is 7.51. The minimum Gasteiger partial charge on any atom is -0.494 e. The third-order valence-corrected chi connectivity index (χ3v) is 5.37. The number of amides is 1. The lowest BCUT2D eigenvalue weighted by Crippen LogP contribution is -2.29. The van der Waals surface area contributed by atoms with E-state index in [1.54, 1.807) is 10.6 Å². The number of fused-ring (bicyclic) bond motifs is 1. The van der Waals surface area contributed by atoms with Crippen molar-refractivity contribution >= 4 is 5.91 Å². The second kappa shape index (κ2) is 8.99. The Hall–Kier alpha value is -3.34. The molecule has 1 aliphatic rings. The fourth-order valence-electron chi connectivity index (χ4n) is 3.90. The Kier molecular flexibility index (Phi) is 5.98. The number of hydrogen-bond donors (Lipinski definition) is 1. The maximum Gasteiger partial charge on any atom is 0.253 e. The molecule has 154 valence electrons. The van der Waals surface area contributed by atoms with Gasteiger partial charge in [-0.25, -0.2) is 0 Å². The van der Waals surface area contributed by atoms with Crippen LogP contribution in [0.3, 0.4) is 0 Å². The predicted octanol–water partition coefficient (Wildman–Crippen LogP) is 4.18. The van der Waals surface area contributed by atoms with Crippen LogP contribution in [0.15, 0.2) is 65.5 Å². The highest BCUT2D eigenvalue weighted by molar-refractivity contribution is 6.02. The van der Waals surface area contributed by atoms with Gasteiger partial charge in [0.2, 0.25) is 0 Å². The number of nitrogens with one attached hydrogen (secondary N) is 1. The molecule has 0 bridgehead atoms. The standard InChI is InChI=1S/C25H26N2O3/c1-2-15-30-20-12-10-18(11-13-20)17-26-25(29)24-21(19-7-4-3-5-8-19)16-23(28)27-14-6-9-22(24)27/h3-5,7-8,10-13,16H,2,6,9,14-15,17H2,1H3,(H,26,29). The minimum atomic E-state index is -0.147. The number of benzene rings is 2. The molecule has 5 heteroatoms. The zero-order chi connectivity index (χ0) is 20.9. The number of carbonyl (C=O) groups excluding carboxylic acids is 1. The highest BCUT2D eigenvalue weighted by Gasteiger charge is 2.24. The van der Waals surface area contributed by atoms with Gasteiger partial charge in [-0.1, -0.05) is 49.4 Å². The van der Waals surface area contributed by atoms with Gasteiger partial charge in [-0.05, 0) is 42.5 Å². The van der Waals surface area contributed by atoms with Crippen molar-refractivity contribution in [3.05, 3.63) is 87.8 Å². The van der Waals surface area contributed by atoms with Gasteiger partial charge in [0, 0.05) is 30.4 Å². The summed E-state index contributed by atoms with van der Waals surface area (Å²) in [6, 6.07) is 19.0. The summed E-state index contributed by atoms with van der Waals surface area (Å²) in [5, 5.41) is 3.04. The quantitative estimate of drug-likeness (QED) is 0.645. The van der Waals surface area contributed by atoms with E-state index in [2.05, 4.69) is 12.2 Å². The van der Waals surface area contributed by atoms with Gasteiger partial charge in [-0.2, -0.15) is 0 Å². The van der Waals surface area contributed by atoms with Crippen molar-refractivity contribution < 1.29 is 9.53 Å². The minimum absolute atomic E-state index is 0.0411. The van der Waals surface area contributed by atoms with Crippen molar-refractivity contribution in [3.63, 3.8) is 0 Å². The molecule has 0 saturated carbocycles. The van der Waals surface area contributed by atoms with Crippen LogP contribution in [0.2, 0.25) is 0 Å². The molecule has 0 atom stereocenters. The molecule has 30 heavy (non-hydrogen) atoms. The molecule has 1 aliphatic heterocycles. The normalized spacial score (nSPS) is 12.4. The van der Waals surface area contributed by atoms with E-state index >= 15 is 0 Å². The number of nitrogens with zero attached hydrogens (tertiary/aromatic N) is 1. The molecule has 1 N–H and O–H groups in total. The van der Waals surface area contributed by atoms with Crippen LogP contribution in [0, 0.1) is 0 Å². The monoisotopic (exact) mass is 402 g/mol. The van der Waals surface area contributed by atoms with Crippen LogP contribution < -0.4 is 15.6 Å². The molecule has 4 rings (SSSR count). The van der Waals surface area contributed by atoms with Crippen LogP contribution in [0.25, 0.3) is 11.1 Å². The molecule has 0 fully saturated rings. The Morgan fingerprint density at radius 1 is 1.10 bits per heavy atom. The molecule has 0 unspecified atom stereocenters. The van der Waals surface area contributed by atoms with Gasteiger partial charge >= 0.3 is 0 Å². The number of ether oxygens (including phenoxy) is 1. The van der Waals surface area contributed by atoms with E-state index in [0.29, 0.717) is 30.8 Å². The summed E-state index contributed by atoms with van der Waals surface area (Å²) < 4.78 is 7.35. The van der Waals surface area contributed by atoms with Crippen LogP contribution in [0.4, 0.5) is 0 Å². The summed E-state index contributed by atoms with van der Waals surface area (Å²) in [6.45, 7) is 3.85. The molecule has 5 nitrogen and oxygen atoms in total. The lowest BCUT2D eigenvalue weighted by Gasteiger charge is -2.16. The van der Waals surface area contributed by atoms with Crippen LogP contribution >= 0.6 is 0 Å². The first-order chi connectivity index (χ1) is 14.7. The molecular weight excluding hydrogens is 376 g/mol. The number of pyridine rings is 1. The van der Waals surface area contributed by atoms with Crippen molar-refractivity contribution in [1.82, 2.24) is 9.88 Å². The third kappa shape index (κ3) is 4.15. The Morgan fingerprint density at radius 3 is 2.60 bits per heavy atom. The topological polar surface area (TPSA) is 60.3 Å². The lowest BCUT2D eigenvalue weighted by atomic mass is 9.97. The predicted molar refractivity (Wildman–Crippen MR) is 118 cm³/mol. The van der Waals surface area contributed by atoms with Crippen LogP contribution in [-0.4, -0.2) is 17.1 Å². The number of hydrogen-bond acceptors (Lipinski definition) is 3. The molecule has 0 saturated heterocycles. The SMILES string of the molecule is CCCOc1ccc(CNC(=O)c2c(-c3ccccc3)cc(=O)n3c2CCC3)cc1. The first-order valence-electron chi connectivity index (χ1n) is 10.5. The Balaban J connectivity index is 1.59. The Bertz CT molecular complexity index is 1090. The number of carbonyl (C=O) groups is 1. The van der Waals surface area contributed by atoms with Gasteiger partial charge in [-0.3, -0.25) is 9.59 Å². The molecule has 0 radical (unpaired) electrons. The van der Waals surface area contributed by atoms with E-state index in [4.69, 9.17) is 4.74 Å². The Labute approximate surface area is 176 Å². The molecule has 0 aliphatic carbocycles. The summed E-state index contributed by atoms with van der Waals surface area (Å²) in [5.74, 6) is 0.685. The molecule has 0 spiro atoms. The zero-order valence-electron chi connectivity index (χ0n) is 17.2. The fourth-order valence-corrected chi connectivity index (χ4v) is 3.90.